The van der Waals surface area contributed by atoms with Crippen molar-refractivity contribution in [2.24, 2.45) is 0 Å². The molecule has 0 aliphatic heterocycles. The largest absolute Gasteiger partial charge is 0.259 e. The van der Waals surface area contributed by atoms with Gasteiger partial charge in [0.2, 0.25) is 0 Å². The van der Waals surface area contributed by atoms with E-state index in [0.29, 0.717) is 11.5 Å². The van der Waals surface area contributed by atoms with E-state index in [1.54, 1.807) is 0 Å². The first-order valence-electron chi connectivity index (χ1n) is 10.2. The first-order valence-corrected chi connectivity index (χ1v) is 11.7. The predicted molar refractivity (Wildman–Crippen MR) is 129 cm³/mol. The lowest BCUT2D eigenvalue weighted by molar-refractivity contribution is 0.682. The summed E-state index contributed by atoms with van der Waals surface area (Å²) in [5.74, 6) is 1.10. The van der Waals surface area contributed by atoms with Crippen molar-refractivity contribution >= 4 is 10.8 Å². The molecule has 0 saturated carbocycles. The molecule has 4 aromatic carbocycles. The maximum atomic E-state index is 13.2. The Hall–Kier alpha value is -2.97. The number of benzene rings is 4. The maximum Gasteiger partial charge on any atom is 0.0495 e. The second-order valence-corrected chi connectivity index (χ2v) is 9.23. The van der Waals surface area contributed by atoms with Crippen LogP contribution in [-0.4, -0.2) is 4.21 Å². The minimum atomic E-state index is -0.999. The zero-order valence-corrected chi connectivity index (χ0v) is 18.3. The molecular weight excluding hydrogens is 384 g/mol. The van der Waals surface area contributed by atoms with Gasteiger partial charge in [0.25, 0.3) is 0 Å². The lowest BCUT2D eigenvalue weighted by atomic mass is 10.00. The van der Waals surface area contributed by atoms with Gasteiger partial charge in [0.1, 0.15) is 0 Å². The summed E-state index contributed by atoms with van der Waals surface area (Å²) < 4.78 is 13.2. The van der Waals surface area contributed by atoms with Crippen molar-refractivity contribution in [2.75, 3.05) is 0 Å². The van der Waals surface area contributed by atoms with Gasteiger partial charge in [0.05, 0.1) is 0 Å². The van der Waals surface area contributed by atoms with Gasteiger partial charge in [-0.05, 0) is 47.2 Å². The molecule has 0 aliphatic carbocycles. The monoisotopic (exact) mass is 410 g/mol. The molecular formula is C28H26OS. The highest BCUT2D eigenvalue weighted by atomic mass is 32.2. The molecule has 2 heteroatoms. The Bertz CT molecular complexity index is 1060. The van der Waals surface area contributed by atoms with E-state index in [9.17, 15) is 4.21 Å². The van der Waals surface area contributed by atoms with Crippen LogP contribution >= 0.6 is 0 Å². The molecule has 0 fully saturated rings. The second-order valence-electron chi connectivity index (χ2n) is 7.77. The summed E-state index contributed by atoms with van der Waals surface area (Å²) in [6, 6.07) is 33.7. The molecule has 0 atom stereocenters. The van der Waals surface area contributed by atoms with Gasteiger partial charge in [-0.3, -0.25) is 4.21 Å². The van der Waals surface area contributed by atoms with Gasteiger partial charge >= 0.3 is 0 Å². The average Bonchev–Trinajstić information content (AvgIpc) is 2.76. The van der Waals surface area contributed by atoms with E-state index in [2.05, 4.69) is 86.6 Å². The van der Waals surface area contributed by atoms with Gasteiger partial charge in [-0.2, -0.15) is 0 Å². The molecule has 4 rings (SSSR count). The zero-order valence-electron chi connectivity index (χ0n) is 17.5. The number of rotatable bonds is 6. The van der Waals surface area contributed by atoms with Crippen LogP contribution in [0.3, 0.4) is 0 Å². The highest BCUT2D eigenvalue weighted by Gasteiger charge is 2.12. The molecule has 0 N–H and O–H groups in total. The van der Waals surface area contributed by atoms with Crippen LogP contribution in [0.25, 0.3) is 22.3 Å². The van der Waals surface area contributed by atoms with E-state index >= 15 is 0 Å². The van der Waals surface area contributed by atoms with E-state index in [1.165, 1.54) is 22.3 Å². The Morgan fingerprint density at radius 3 is 1.30 bits per heavy atom. The molecule has 0 aliphatic rings. The summed E-state index contributed by atoms with van der Waals surface area (Å²) in [4.78, 5) is 0. The predicted octanol–water partition coefficient (Wildman–Crippen LogP) is 7.09. The van der Waals surface area contributed by atoms with Crippen molar-refractivity contribution < 1.29 is 4.21 Å². The van der Waals surface area contributed by atoms with E-state index in [1.807, 2.05) is 24.3 Å². The summed E-state index contributed by atoms with van der Waals surface area (Å²) in [5, 5.41) is 0. The molecule has 0 saturated heterocycles. The molecule has 0 bridgehead atoms. The number of hydrogen-bond acceptors (Lipinski definition) is 1. The van der Waals surface area contributed by atoms with Gasteiger partial charge in [-0.1, -0.05) is 108 Å². The van der Waals surface area contributed by atoms with Crippen molar-refractivity contribution in [3.63, 3.8) is 0 Å². The second kappa shape index (κ2) is 9.23. The van der Waals surface area contributed by atoms with Crippen LogP contribution in [0.2, 0.25) is 0 Å². The molecule has 0 heterocycles. The molecule has 0 spiro atoms. The molecule has 0 radical (unpaired) electrons. The molecule has 1 nitrogen and oxygen atoms in total. The van der Waals surface area contributed by atoms with Crippen LogP contribution in [0.5, 0.6) is 0 Å². The van der Waals surface area contributed by atoms with Crippen LogP contribution in [-0.2, 0) is 22.3 Å². The third-order valence-electron chi connectivity index (χ3n) is 5.39. The maximum absolute atomic E-state index is 13.2. The van der Waals surface area contributed by atoms with Gasteiger partial charge in [0, 0.05) is 22.3 Å². The van der Waals surface area contributed by atoms with Crippen molar-refractivity contribution in [1.29, 1.82) is 0 Å². The molecule has 150 valence electrons. The summed E-state index contributed by atoms with van der Waals surface area (Å²) in [6.45, 7) is 4.19. The fraction of sp³-hybridized carbons (Fsp3) is 0.143. The quantitative estimate of drug-likeness (QED) is 0.332. The Morgan fingerprint density at radius 1 is 0.533 bits per heavy atom. The first-order chi connectivity index (χ1) is 14.6. The Balaban J connectivity index is 1.57. The molecule has 0 unspecified atom stereocenters. The topological polar surface area (TPSA) is 17.1 Å². The lowest BCUT2D eigenvalue weighted by Gasteiger charge is -2.12. The first kappa shape index (κ1) is 20.3. The minimum absolute atomic E-state index is 0.548. The Morgan fingerprint density at radius 2 is 0.900 bits per heavy atom. The smallest absolute Gasteiger partial charge is 0.0495 e. The van der Waals surface area contributed by atoms with Crippen molar-refractivity contribution in [1.82, 2.24) is 0 Å². The van der Waals surface area contributed by atoms with Gasteiger partial charge in [-0.25, -0.2) is 0 Å². The SMILES string of the molecule is Cc1ccc(-c2ccccc2CS(=O)Cc2ccccc2-c2ccc(C)cc2)cc1. The fourth-order valence-corrected chi connectivity index (χ4v) is 5.02. The highest BCUT2D eigenvalue weighted by Crippen LogP contribution is 2.28. The fourth-order valence-electron chi connectivity index (χ4n) is 3.72. The van der Waals surface area contributed by atoms with Crippen LogP contribution < -0.4 is 0 Å². The summed E-state index contributed by atoms with van der Waals surface area (Å²) in [5.41, 5.74) is 9.43. The van der Waals surface area contributed by atoms with Gasteiger partial charge in [0.15, 0.2) is 0 Å². The normalized spacial score (nSPS) is 11.0. The minimum Gasteiger partial charge on any atom is -0.259 e. The highest BCUT2D eigenvalue weighted by molar-refractivity contribution is 7.83. The third-order valence-corrected chi connectivity index (χ3v) is 6.66. The van der Waals surface area contributed by atoms with Crippen LogP contribution in [0.15, 0.2) is 97.1 Å². The van der Waals surface area contributed by atoms with E-state index in [4.69, 9.17) is 0 Å². The van der Waals surface area contributed by atoms with Crippen LogP contribution in [0.4, 0.5) is 0 Å². The summed E-state index contributed by atoms with van der Waals surface area (Å²) >= 11 is 0. The van der Waals surface area contributed by atoms with Gasteiger partial charge < -0.3 is 0 Å². The standard InChI is InChI=1S/C28H26OS/c1-21-11-15-23(16-12-21)27-9-5-3-7-25(27)19-30(29)20-26-8-4-6-10-28(26)24-17-13-22(2)14-18-24/h3-18H,19-20H2,1-2H3. The van der Waals surface area contributed by atoms with E-state index in [0.717, 1.165) is 22.3 Å². The molecule has 4 aromatic rings. The molecule has 30 heavy (non-hydrogen) atoms. The van der Waals surface area contributed by atoms with Crippen molar-refractivity contribution in [3.8, 4) is 22.3 Å². The Labute approximate surface area is 181 Å². The summed E-state index contributed by atoms with van der Waals surface area (Å²) in [7, 11) is -0.999. The molecule has 0 amide bonds. The zero-order chi connectivity index (χ0) is 20.9. The van der Waals surface area contributed by atoms with Gasteiger partial charge in [-0.15, -0.1) is 0 Å². The third kappa shape index (κ3) is 4.77. The van der Waals surface area contributed by atoms with Crippen molar-refractivity contribution in [2.45, 2.75) is 25.4 Å². The van der Waals surface area contributed by atoms with E-state index < -0.39 is 10.8 Å². The molecule has 0 aromatic heterocycles. The average molecular weight is 411 g/mol. The lowest BCUT2D eigenvalue weighted by Crippen LogP contribution is -2.02. The number of aryl methyl sites for hydroxylation is 2. The summed E-state index contributed by atoms with van der Waals surface area (Å²) in [6.07, 6.45) is 0. The van der Waals surface area contributed by atoms with Crippen LogP contribution in [0.1, 0.15) is 22.3 Å². The van der Waals surface area contributed by atoms with Crippen molar-refractivity contribution in [3.05, 3.63) is 119 Å². The Kier molecular flexibility index (Phi) is 6.25. The van der Waals surface area contributed by atoms with E-state index in [-0.39, 0.29) is 0 Å². The van der Waals surface area contributed by atoms with Crippen LogP contribution in [0, 0.1) is 13.8 Å². The number of hydrogen-bond donors (Lipinski definition) is 0.